The molecule has 0 atom stereocenters. The molecule has 0 spiro atoms. The molecule has 4 aromatic heterocycles. The maximum absolute atomic E-state index is 13.1. The maximum atomic E-state index is 13.1. The lowest BCUT2D eigenvalue weighted by Crippen LogP contribution is -2.16. The summed E-state index contributed by atoms with van der Waals surface area (Å²) >= 11 is 0. The first-order valence-corrected chi connectivity index (χ1v) is 10.2. The van der Waals surface area contributed by atoms with Gasteiger partial charge in [0.2, 0.25) is 5.43 Å². The normalized spacial score (nSPS) is 11.0. The van der Waals surface area contributed by atoms with E-state index in [-0.39, 0.29) is 5.43 Å². The molecule has 0 aliphatic carbocycles. The summed E-state index contributed by atoms with van der Waals surface area (Å²) in [6.45, 7) is 0. The number of aryl methyl sites for hydroxylation is 1. The molecule has 162 valence electrons. The van der Waals surface area contributed by atoms with Crippen molar-refractivity contribution in [2.45, 2.75) is 6.42 Å². The fraction of sp³-hybridized carbons (Fsp3) is 0.0833. The zero-order valence-corrected chi connectivity index (χ0v) is 17.6. The average Bonchev–Trinajstić information content (AvgIpc) is 3.28. The van der Waals surface area contributed by atoms with Crippen molar-refractivity contribution in [3.05, 3.63) is 107 Å². The van der Waals surface area contributed by atoms with Crippen molar-refractivity contribution < 1.29 is 4.39 Å². The summed E-state index contributed by atoms with van der Waals surface area (Å²) in [6.07, 6.45) is 9.97. The molecule has 0 bridgehead atoms. The van der Waals surface area contributed by atoms with E-state index in [1.54, 1.807) is 40.2 Å². The maximum Gasteiger partial charge on any atom is 0.203 e. The zero-order valence-electron chi connectivity index (χ0n) is 17.6. The highest BCUT2D eigenvalue weighted by Gasteiger charge is 2.09. The van der Waals surface area contributed by atoms with Gasteiger partial charge in [0, 0.05) is 49.3 Å². The minimum atomic E-state index is -0.395. The number of aromatic nitrogens is 7. The fourth-order valence-electron chi connectivity index (χ4n) is 3.41. The molecule has 5 rings (SSSR count). The SMILES string of the molecule is Cn1cc(-n2ccc(=O)c(Cc3cccc(-c4ncc(-c5ccc(F)cn5)cn4)c3)n2)cn1. The van der Waals surface area contributed by atoms with Crippen molar-refractivity contribution in [1.29, 1.82) is 0 Å². The lowest BCUT2D eigenvalue weighted by molar-refractivity contribution is 0.622. The van der Waals surface area contributed by atoms with E-state index in [4.69, 9.17) is 0 Å². The van der Waals surface area contributed by atoms with Crippen LogP contribution >= 0.6 is 0 Å². The van der Waals surface area contributed by atoms with Crippen LogP contribution in [0.15, 0.2) is 84.4 Å². The number of hydrogen-bond acceptors (Lipinski definition) is 6. The van der Waals surface area contributed by atoms with Crippen LogP contribution in [0.4, 0.5) is 4.39 Å². The molecule has 0 unspecified atom stereocenters. The van der Waals surface area contributed by atoms with Crippen molar-refractivity contribution in [3.63, 3.8) is 0 Å². The largest absolute Gasteiger partial charge is 0.288 e. The van der Waals surface area contributed by atoms with E-state index in [0.717, 1.165) is 23.0 Å². The van der Waals surface area contributed by atoms with Crippen LogP contribution in [0.25, 0.3) is 28.3 Å². The van der Waals surface area contributed by atoms with Gasteiger partial charge in [-0.1, -0.05) is 18.2 Å². The predicted octanol–water partition coefficient (Wildman–Crippen LogP) is 3.21. The van der Waals surface area contributed by atoms with Crippen LogP contribution in [0.1, 0.15) is 11.3 Å². The van der Waals surface area contributed by atoms with E-state index in [9.17, 15) is 9.18 Å². The minimum absolute atomic E-state index is 0.132. The molecule has 0 amide bonds. The van der Waals surface area contributed by atoms with Crippen LogP contribution in [0, 0.1) is 5.82 Å². The smallest absolute Gasteiger partial charge is 0.203 e. The highest BCUT2D eigenvalue weighted by molar-refractivity contribution is 5.61. The Morgan fingerprint density at radius 2 is 1.79 bits per heavy atom. The van der Waals surface area contributed by atoms with Crippen LogP contribution < -0.4 is 5.43 Å². The second-order valence-electron chi connectivity index (χ2n) is 7.48. The molecule has 4 heterocycles. The van der Waals surface area contributed by atoms with Crippen LogP contribution in [-0.4, -0.2) is 34.5 Å². The summed E-state index contributed by atoms with van der Waals surface area (Å²) in [5.74, 6) is 0.143. The average molecular weight is 439 g/mol. The summed E-state index contributed by atoms with van der Waals surface area (Å²) in [5, 5.41) is 8.64. The van der Waals surface area contributed by atoms with E-state index in [0.29, 0.717) is 29.2 Å². The molecule has 0 fully saturated rings. The van der Waals surface area contributed by atoms with E-state index in [2.05, 4.69) is 25.1 Å². The van der Waals surface area contributed by atoms with Crippen LogP contribution in [0.2, 0.25) is 0 Å². The Balaban J connectivity index is 1.40. The van der Waals surface area contributed by atoms with E-state index >= 15 is 0 Å². The second-order valence-corrected chi connectivity index (χ2v) is 7.48. The molecule has 1 aromatic carbocycles. The molecule has 0 aliphatic rings. The molecule has 0 aliphatic heterocycles. The van der Waals surface area contributed by atoms with Crippen LogP contribution in [-0.2, 0) is 13.5 Å². The van der Waals surface area contributed by atoms with Crippen molar-refractivity contribution in [2.24, 2.45) is 7.05 Å². The zero-order chi connectivity index (χ0) is 22.8. The van der Waals surface area contributed by atoms with Gasteiger partial charge in [-0.3, -0.25) is 14.5 Å². The predicted molar refractivity (Wildman–Crippen MR) is 120 cm³/mol. The minimum Gasteiger partial charge on any atom is -0.288 e. The first kappa shape index (κ1) is 20.4. The Kier molecular flexibility index (Phi) is 5.27. The van der Waals surface area contributed by atoms with Gasteiger partial charge >= 0.3 is 0 Å². The number of benzene rings is 1. The van der Waals surface area contributed by atoms with E-state index in [1.165, 1.54) is 12.1 Å². The Bertz CT molecular complexity index is 1470. The van der Waals surface area contributed by atoms with Gasteiger partial charge in [-0.25, -0.2) is 19.0 Å². The summed E-state index contributed by atoms with van der Waals surface area (Å²) in [7, 11) is 1.82. The first-order valence-electron chi connectivity index (χ1n) is 10.2. The van der Waals surface area contributed by atoms with Crippen molar-refractivity contribution in [1.82, 2.24) is 34.5 Å². The molecular weight excluding hydrogens is 421 g/mol. The molecular formula is C24H18FN7O. The molecule has 0 saturated carbocycles. The van der Waals surface area contributed by atoms with Gasteiger partial charge in [-0.2, -0.15) is 10.2 Å². The first-order chi connectivity index (χ1) is 16.0. The molecule has 0 saturated heterocycles. The van der Waals surface area contributed by atoms with Gasteiger partial charge in [0.15, 0.2) is 5.82 Å². The molecule has 33 heavy (non-hydrogen) atoms. The highest BCUT2D eigenvalue weighted by atomic mass is 19.1. The third-order valence-electron chi connectivity index (χ3n) is 5.07. The van der Waals surface area contributed by atoms with Crippen molar-refractivity contribution >= 4 is 0 Å². The van der Waals surface area contributed by atoms with Gasteiger partial charge in [0.1, 0.15) is 17.2 Å². The Morgan fingerprint density at radius 1 is 0.939 bits per heavy atom. The van der Waals surface area contributed by atoms with Crippen molar-refractivity contribution in [3.8, 4) is 28.3 Å². The lowest BCUT2D eigenvalue weighted by Gasteiger charge is -2.07. The molecule has 0 N–H and O–H groups in total. The van der Waals surface area contributed by atoms with Crippen LogP contribution in [0.3, 0.4) is 0 Å². The van der Waals surface area contributed by atoms with Crippen molar-refractivity contribution in [2.75, 3.05) is 0 Å². The number of nitrogens with zero attached hydrogens (tertiary/aromatic N) is 7. The highest BCUT2D eigenvalue weighted by Crippen LogP contribution is 2.20. The summed E-state index contributed by atoms with van der Waals surface area (Å²) < 4.78 is 16.4. The quantitative estimate of drug-likeness (QED) is 0.418. The van der Waals surface area contributed by atoms with Gasteiger partial charge in [-0.05, 0) is 23.8 Å². The third-order valence-corrected chi connectivity index (χ3v) is 5.07. The number of pyridine rings is 1. The Morgan fingerprint density at radius 3 is 2.52 bits per heavy atom. The number of hydrogen-bond donors (Lipinski definition) is 0. The molecule has 9 heteroatoms. The topological polar surface area (TPSA) is 91.4 Å². The van der Waals surface area contributed by atoms with Gasteiger partial charge < -0.3 is 0 Å². The van der Waals surface area contributed by atoms with Crippen LogP contribution in [0.5, 0.6) is 0 Å². The third kappa shape index (κ3) is 4.42. The summed E-state index contributed by atoms with van der Waals surface area (Å²) in [4.78, 5) is 25.3. The van der Waals surface area contributed by atoms with Gasteiger partial charge in [0.05, 0.1) is 24.3 Å². The van der Waals surface area contributed by atoms with Gasteiger partial charge in [0.25, 0.3) is 0 Å². The van der Waals surface area contributed by atoms with E-state index in [1.807, 2.05) is 37.5 Å². The standard InChI is InChI=1S/C24H18FN7O/c1-31-15-20(14-29-31)32-8-7-23(33)22(30-32)10-16-3-2-4-17(9-16)24-27-11-18(12-28-24)21-6-5-19(25)13-26-21/h2-9,11-15H,10H2,1H3. The van der Waals surface area contributed by atoms with E-state index < -0.39 is 5.82 Å². The number of halogens is 1. The summed E-state index contributed by atoms with van der Waals surface area (Å²) in [6, 6.07) is 12.1. The molecule has 0 radical (unpaired) electrons. The fourth-order valence-corrected chi connectivity index (χ4v) is 3.41. The molecule has 5 aromatic rings. The Labute approximate surface area is 188 Å². The Hall–Kier alpha value is -4.53. The molecule has 8 nitrogen and oxygen atoms in total. The number of rotatable bonds is 5. The lowest BCUT2D eigenvalue weighted by atomic mass is 10.1. The second kappa shape index (κ2) is 8.54. The summed E-state index contributed by atoms with van der Waals surface area (Å²) in [5.41, 5.74) is 4.08. The monoisotopic (exact) mass is 439 g/mol. The van der Waals surface area contributed by atoms with Gasteiger partial charge in [-0.15, -0.1) is 0 Å².